The summed E-state index contributed by atoms with van der Waals surface area (Å²) in [6, 6.07) is 34.2. The number of aryl methyl sites for hydroxylation is 1. The Bertz CT molecular complexity index is 2120. The first kappa shape index (κ1) is 37.9. The summed E-state index contributed by atoms with van der Waals surface area (Å²) in [4.78, 5) is 31.7. The third-order valence-corrected chi connectivity index (χ3v) is 8.85. The standard InChI is InChI=1S/C41H45N5O8/c1-43-39-38(40(49)44(2)41(43)50)46(29-42-39)22-21-45(23-32(47)27-53-36-19-11-9-17-34(36)51-25-30-13-5-3-6-14-30)24-33(48)28-54-37-20-12-10-18-35(37)52-26-31-15-7-4-8-16-31/h3-20,29,32-33,47-48H,21-28H2,1-2H3. The number of nitrogens with zero attached hydrogens (tertiary/aromatic N) is 5. The molecule has 0 spiro atoms. The zero-order valence-corrected chi connectivity index (χ0v) is 30.4. The zero-order chi connectivity index (χ0) is 37.9. The van der Waals surface area contributed by atoms with E-state index in [4.69, 9.17) is 18.9 Å². The number of fused-ring (bicyclic) bond motifs is 1. The van der Waals surface area contributed by atoms with E-state index in [1.165, 1.54) is 17.9 Å². The van der Waals surface area contributed by atoms with Crippen LogP contribution in [-0.4, -0.2) is 78.9 Å². The Morgan fingerprint density at radius 2 is 1.07 bits per heavy atom. The molecular formula is C41H45N5O8. The van der Waals surface area contributed by atoms with Crippen LogP contribution in [0, 0.1) is 0 Å². The molecule has 13 heteroatoms. The van der Waals surface area contributed by atoms with Gasteiger partial charge in [-0.15, -0.1) is 0 Å². The second kappa shape index (κ2) is 18.2. The van der Waals surface area contributed by atoms with Gasteiger partial charge in [0.2, 0.25) is 0 Å². The van der Waals surface area contributed by atoms with Crippen molar-refractivity contribution in [1.82, 2.24) is 23.6 Å². The molecule has 54 heavy (non-hydrogen) atoms. The third-order valence-electron chi connectivity index (χ3n) is 8.85. The number of aromatic nitrogens is 4. The van der Waals surface area contributed by atoms with Gasteiger partial charge in [-0.05, 0) is 35.4 Å². The molecule has 2 atom stereocenters. The normalized spacial score (nSPS) is 12.5. The van der Waals surface area contributed by atoms with Crippen molar-refractivity contribution in [2.24, 2.45) is 14.1 Å². The number of ether oxygens (including phenoxy) is 4. The van der Waals surface area contributed by atoms with Crippen LogP contribution in [0.5, 0.6) is 23.0 Å². The highest BCUT2D eigenvalue weighted by atomic mass is 16.5. The SMILES string of the molecule is Cn1c(=O)c2c(ncn2CCN(CC(O)COc2ccccc2OCc2ccccc2)CC(O)COc2ccccc2OCc2ccccc2)n(C)c1=O. The fraction of sp³-hybridized carbons (Fsp3) is 0.293. The smallest absolute Gasteiger partial charge is 0.332 e. The molecule has 0 amide bonds. The highest BCUT2D eigenvalue weighted by Crippen LogP contribution is 2.28. The second-order valence-corrected chi connectivity index (χ2v) is 12.9. The molecule has 2 heterocycles. The minimum absolute atomic E-state index is 0.0441. The van der Waals surface area contributed by atoms with Crippen molar-refractivity contribution in [2.45, 2.75) is 32.0 Å². The summed E-state index contributed by atoms with van der Waals surface area (Å²) in [6.07, 6.45) is -0.400. The topological polar surface area (TPSA) is 142 Å². The van der Waals surface area contributed by atoms with Gasteiger partial charge in [-0.2, -0.15) is 0 Å². The summed E-state index contributed by atoms with van der Waals surface area (Å²) < 4.78 is 28.2. The van der Waals surface area contributed by atoms with E-state index in [-0.39, 0.29) is 44.0 Å². The van der Waals surface area contributed by atoms with Crippen LogP contribution in [-0.2, 0) is 33.9 Å². The van der Waals surface area contributed by atoms with Gasteiger partial charge in [0.05, 0.1) is 6.33 Å². The Morgan fingerprint density at radius 3 is 1.56 bits per heavy atom. The van der Waals surface area contributed by atoms with Crippen LogP contribution in [0.4, 0.5) is 0 Å². The van der Waals surface area contributed by atoms with Crippen LogP contribution in [0.2, 0.25) is 0 Å². The van der Waals surface area contributed by atoms with Crippen molar-refractivity contribution in [3.8, 4) is 23.0 Å². The highest BCUT2D eigenvalue weighted by Gasteiger charge is 2.20. The van der Waals surface area contributed by atoms with E-state index in [0.717, 1.165) is 15.7 Å². The van der Waals surface area contributed by atoms with E-state index in [1.807, 2.05) is 102 Å². The first-order valence-corrected chi connectivity index (χ1v) is 17.7. The lowest BCUT2D eigenvalue weighted by molar-refractivity contribution is 0.0293. The molecule has 6 aromatic rings. The molecule has 6 rings (SSSR count). The van der Waals surface area contributed by atoms with Gasteiger partial charge in [0.15, 0.2) is 34.2 Å². The summed E-state index contributed by atoms with van der Waals surface area (Å²) in [5, 5.41) is 22.4. The zero-order valence-electron chi connectivity index (χ0n) is 30.4. The third kappa shape index (κ3) is 9.75. The molecule has 2 N–H and O–H groups in total. The van der Waals surface area contributed by atoms with Gasteiger partial charge in [-0.1, -0.05) is 84.9 Å². The lowest BCUT2D eigenvalue weighted by Gasteiger charge is -2.28. The molecule has 0 saturated carbocycles. The Labute approximate surface area is 312 Å². The van der Waals surface area contributed by atoms with Gasteiger partial charge in [-0.25, -0.2) is 9.78 Å². The number of para-hydroxylation sites is 4. The van der Waals surface area contributed by atoms with Crippen LogP contribution in [0.3, 0.4) is 0 Å². The number of benzene rings is 4. The fourth-order valence-corrected chi connectivity index (χ4v) is 5.99. The molecule has 282 valence electrons. The maximum absolute atomic E-state index is 13.1. The van der Waals surface area contributed by atoms with Crippen molar-refractivity contribution >= 4 is 11.2 Å². The van der Waals surface area contributed by atoms with Crippen LogP contribution >= 0.6 is 0 Å². The second-order valence-electron chi connectivity index (χ2n) is 12.9. The molecule has 0 radical (unpaired) electrons. The predicted molar refractivity (Wildman–Crippen MR) is 204 cm³/mol. The number of rotatable bonds is 19. The van der Waals surface area contributed by atoms with E-state index >= 15 is 0 Å². The first-order chi connectivity index (χ1) is 26.3. The minimum atomic E-state index is -0.958. The monoisotopic (exact) mass is 735 g/mol. The van der Waals surface area contributed by atoms with Crippen LogP contribution < -0.4 is 30.2 Å². The van der Waals surface area contributed by atoms with Crippen LogP contribution in [0.15, 0.2) is 125 Å². The fourth-order valence-electron chi connectivity index (χ4n) is 5.99. The first-order valence-electron chi connectivity index (χ1n) is 17.7. The average Bonchev–Trinajstić information content (AvgIpc) is 3.64. The van der Waals surface area contributed by atoms with Crippen LogP contribution in [0.25, 0.3) is 11.2 Å². The number of hydrogen-bond donors (Lipinski definition) is 2. The molecule has 0 bridgehead atoms. The highest BCUT2D eigenvalue weighted by molar-refractivity contribution is 5.69. The number of hydrogen-bond acceptors (Lipinski definition) is 10. The Kier molecular flexibility index (Phi) is 12.8. The molecule has 0 fully saturated rings. The summed E-state index contributed by atoms with van der Waals surface area (Å²) >= 11 is 0. The molecule has 2 aromatic heterocycles. The summed E-state index contributed by atoms with van der Waals surface area (Å²) in [6.45, 7) is 1.50. The average molecular weight is 736 g/mol. The van der Waals surface area contributed by atoms with Gasteiger partial charge >= 0.3 is 5.69 Å². The number of aliphatic hydroxyl groups is 2. The maximum atomic E-state index is 13.1. The van der Waals surface area contributed by atoms with E-state index in [1.54, 1.807) is 23.7 Å². The molecule has 0 aliphatic heterocycles. The molecule has 2 unspecified atom stereocenters. The molecule has 0 saturated heterocycles. The number of imidazole rings is 1. The van der Waals surface area contributed by atoms with Gasteiger partial charge in [0, 0.05) is 40.3 Å². The number of aliphatic hydroxyl groups excluding tert-OH is 2. The van der Waals surface area contributed by atoms with Crippen molar-refractivity contribution in [3.63, 3.8) is 0 Å². The van der Waals surface area contributed by atoms with Crippen molar-refractivity contribution < 1.29 is 29.2 Å². The lowest BCUT2D eigenvalue weighted by atomic mass is 10.2. The van der Waals surface area contributed by atoms with Gasteiger partial charge in [-0.3, -0.25) is 18.8 Å². The molecule has 0 aliphatic carbocycles. The van der Waals surface area contributed by atoms with Gasteiger partial charge in [0.25, 0.3) is 5.56 Å². The van der Waals surface area contributed by atoms with E-state index in [9.17, 15) is 19.8 Å². The van der Waals surface area contributed by atoms with Crippen molar-refractivity contribution in [3.05, 3.63) is 147 Å². The largest absolute Gasteiger partial charge is 0.487 e. The van der Waals surface area contributed by atoms with Crippen molar-refractivity contribution in [1.29, 1.82) is 0 Å². The lowest BCUT2D eigenvalue weighted by Crippen LogP contribution is -2.43. The Balaban J connectivity index is 1.12. The molecular weight excluding hydrogens is 690 g/mol. The molecule has 0 aliphatic rings. The van der Waals surface area contributed by atoms with Crippen molar-refractivity contribution in [2.75, 3.05) is 32.8 Å². The Hall–Kier alpha value is -5.89. The summed E-state index contributed by atoms with van der Waals surface area (Å²) in [5.41, 5.74) is 1.66. The maximum Gasteiger partial charge on any atom is 0.332 e. The minimum Gasteiger partial charge on any atom is -0.487 e. The van der Waals surface area contributed by atoms with Gasteiger partial charge in [0.1, 0.15) is 38.6 Å². The predicted octanol–water partition coefficient (Wildman–Crippen LogP) is 3.77. The van der Waals surface area contributed by atoms with E-state index in [2.05, 4.69) is 4.98 Å². The molecule has 13 nitrogen and oxygen atoms in total. The quantitative estimate of drug-likeness (QED) is 0.126. The van der Waals surface area contributed by atoms with E-state index in [0.29, 0.717) is 42.8 Å². The Morgan fingerprint density at radius 1 is 0.630 bits per heavy atom. The summed E-state index contributed by atoms with van der Waals surface area (Å²) in [5.74, 6) is 2.09. The van der Waals surface area contributed by atoms with Crippen LogP contribution in [0.1, 0.15) is 11.1 Å². The molecule has 4 aromatic carbocycles. The van der Waals surface area contributed by atoms with Gasteiger partial charge < -0.3 is 33.7 Å². The van der Waals surface area contributed by atoms with E-state index < -0.39 is 23.5 Å². The summed E-state index contributed by atoms with van der Waals surface area (Å²) in [7, 11) is 2.99.